The quantitative estimate of drug-likeness (QED) is 0.844. The maximum Gasteiger partial charge on any atom is 0.224 e. The molecular formula is C17H27ClN2O2. The highest BCUT2D eigenvalue weighted by atomic mass is 35.5. The lowest BCUT2D eigenvalue weighted by molar-refractivity contribution is -0.126. The molecule has 0 aromatic heterocycles. The Morgan fingerprint density at radius 1 is 1.41 bits per heavy atom. The summed E-state index contributed by atoms with van der Waals surface area (Å²) in [6.07, 6.45) is 2.91. The van der Waals surface area contributed by atoms with Crippen LogP contribution in [0.3, 0.4) is 0 Å². The maximum absolute atomic E-state index is 12.4. The summed E-state index contributed by atoms with van der Waals surface area (Å²) in [6, 6.07) is 7.99. The van der Waals surface area contributed by atoms with Gasteiger partial charge in [-0.2, -0.15) is 0 Å². The number of hydrogen-bond donors (Lipinski definition) is 2. The zero-order valence-corrected chi connectivity index (χ0v) is 14.2. The fourth-order valence-corrected chi connectivity index (χ4v) is 2.82. The molecule has 124 valence electrons. The first-order chi connectivity index (χ1) is 10.3. The Hall–Kier alpha value is -1.26. The summed E-state index contributed by atoms with van der Waals surface area (Å²) < 4.78 is 5.68. The number of piperidine rings is 1. The number of rotatable bonds is 6. The first kappa shape index (κ1) is 18.8. The predicted octanol–water partition coefficient (Wildman–Crippen LogP) is 3.07. The summed E-state index contributed by atoms with van der Waals surface area (Å²) in [5.41, 5.74) is 1.07. The summed E-state index contributed by atoms with van der Waals surface area (Å²) >= 11 is 0. The van der Waals surface area contributed by atoms with Crippen LogP contribution in [-0.2, 0) is 4.79 Å². The molecule has 0 radical (unpaired) electrons. The molecule has 0 aliphatic carbocycles. The second kappa shape index (κ2) is 9.70. The van der Waals surface area contributed by atoms with Crippen molar-refractivity contribution >= 4 is 18.3 Å². The van der Waals surface area contributed by atoms with Crippen LogP contribution in [0.15, 0.2) is 24.3 Å². The molecule has 0 spiro atoms. The number of benzene rings is 1. The van der Waals surface area contributed by atoms with Gasteiger partial charge in [0.2, 0.25) is 5.91 Å². The molecule has 1 aliphatic rings. The molecule has 1 aromatic carbocycles. The van der Waals surface area contributed by atoms with Gasteiger partial charge in [-0.25, -0.2) is 0 Å². The fraction of sp³-hybridized carbons (Fsp3) is 0.588. The van der Waals surface area contributed by atoms with E-state index >= 15 is 0 Å². The number of amides is 1. The van der Waals surface area contributed by atoms with Crippen LogP contribution >= 0.6 is 12.4 Å². The molecular weight excluding hydrogens is 300 g/mol. The Balaban J connectivity index is 0.00000242. The van der Waals surface area contributed by atoms with Crippen molar-refractivity contribution in [2.75, 3.05) is 19.7 Å². The third-order valence-electron chi connectivity index (χ3n) is 3.99. The molecule has 1 saturated heterocycles. The lowest BCUT2D eigenvalue weighted by Gasteiger charge is -2.26. The van der Waals surface area contributed by atoms with Gasteiger partial charge in [-0.15, -0.1) is 12.4 Å². The Kier molecular flexibility index (Phi) is 8.28. The third-order valence-corrected chi connectivity index (χ3v) is 3.99. The molecule has 0 bridgehead atoms. The van der Waals surface area contributed by atoms with Crippen molar-refractivity contribution in [2.45, 2.75) is 39.2 Å². The molecule has 1 aromatic rings. The molecule has 0 saturated carbocycles. The molecule has 1 aliphatic heterocycles. The lowest BCUT2D eigenvalue weighted by Crippen LogP contribution is -2.41. The van der Waals surface area contributed by atoms with E-state index in [9.17, 15) is 4.79 Å². The highest BCUT2D eigenvalue weighted by Crippen LogP contribution is 2.27. The second-order valence-electron chi connectivity index (χ2n) is 5.48. The van der Waals surface area contributed by atoms with Gasteiger partial charge in [0.15, 0.2) is 0 Å². The molecule has 4 nitrogen and oxygen atoms in total. The van der Waals surface area contributed by atoms with Crippen LogP contribution in [0.25, 0.3) is 0 Å². The minimum atomic E-state index is 0. The van der Waals surface area contributed by atoms with Gasteiger partial charge in [0.05, 0.1) is 18.6 Å². The highest BCUT2D eigenvalue weighted by molar-refractivity contribution is 5.85. The molecule has 1 heterocycles. The van der Waals surface area contributed by atoms with Crippen LogP contribution in [0.4, 0.5) is 0 Å². The maximum atomic E-state index is 12.4. The van der Waals surface area contributed by atoms with E-state index in [4.69, 9.17) is 4.74 Å². The van der Waals surface area contributed by atoms with Crippen molar-refractivity contribution in [1.82, 2.24) is 10.6 Å². The summed E-state index contributed by atoms with van der Waals surface area (Å²) in [4.78, 5) is 12.4. The monoisotopic (exact) mass is 326 g/mol. The molecule has 2 unspecified atom stereocenters. The number of carbonyl (C=O) groups is 1. The van der Waals surface area contributed by atoms with Crippen LogP contribution in [0, 0.1) is 5.92 Å². The van der Waals surface area contributed by atoms with Crippen molar-refractivity contribution in [3.05, 3.63) is 29.8 Å². The Morgan fingerprint density at radius 3 is 2.82 bits per heavy atom. The smallest absolute Gasteiger partial charge is 0.224 e. The fourth-order valence-electron chi connectivity index (χ4n) is 2.82. The van der Waals surface area contributed by atoms with E-state index in [1.54, 1.807) is 0 Å². The third kappa shape index (κ3) is 4.89. The zero-order valence-electron chi connectivity index (χ0n) is 13.4. The Morgan fingerprint density at radius 2 is 2.18 bits per heavy atom. The van der Waals surface area contributed by atoms with Crippen molar-refractivity contribution < 1.29 is 9.53 Å². The van der Waals surface area contributed by atoms with Crippen LogP contribution < -0.4 is 15.4 Å². The van der Waals surface area contributed by atoms with Gasteiger partial charge < -0.3 is 15.4 Å². The first-order valence-electron chi connectivity index (χ1n) is 7.99. The standard InChI is InChI=1S/C17H26N2O2.ClH/c1-3-15(14-9-5-6-10-16(14)21-4-2)19-17(20)13-8-7-11-18-12-13;/h5-6,9-10,13,15,18H,3-4,7-8,11-12H2,1-2H3,(H,19,20);1H. The molecule has 1 fully saturated rings. The predicted molar refractivity (Wildman–Crippen MR) is 91.6 cm³/mol. The molecule has 22 heavy (non-hydrogen) atoms. The van der Waals surface area contributed by atoms with E-state index < -0.39 is 0 Å². The minimum absolute atomic E-state index is 0. The topological polar surface area (TPSA) is 50.4 Å². The number of halogens is 1. The summed E-state index contributed by atoms with van der Waals surface area (Å²) in [7, 11) is 0. The average molecular weight is 327 g/mol. The van der Waals surface area contributed by atoms with E-state index in [0.29, 0.717) is 6.61 Å². The molecule has 1 amide bonds. The zero-order chi connectivity index (χ0) is 15.1. The van der Waals surface area contributed by atoms with E-state index in [-0.39, 0.29) is 30.3 Å². The minimum Gasteiger partial charge on any atom is -0.494 e. The number of hydrogen-bond acceptors (Lipinski definition) is 3. The summed E-state index contributed by atoms with van der Waals surface area (Å²) in [6.45, 7) is 6.51. The SMILES string of the molecule is CCOc1ccccc1C(CC)NC(=O)C1CCCNC1.Cl. The van der Waals surface area contributed by atoms with E-state index in [1.807, 2.05) is 31.2 Å². The van der Waals surface area contributed by atoms with E-state index in [0.717, 1.165) is 43.7 Å². The van der Waals surface area contributed by atoms with Crippen LogP contribution in [0.1, 0.15) is 44.7 Å². The Bertz CT molecular complexity index is 462. The number of para-hydroxylation sites is 1. The number of carbonyl (C=O) groups excluding carboxylic acids is 1. The number of ether oxygens (including phenoxy) is 1. The second-order valence-corrected chi connectivity index (χ2v) is 5.48. The van der Waals surface area contributed by atoms with E-state index in [1.165, 1.54) is 0 Å². The van der Waals surface area contributed by atoms with Gasteiger partial charge in [0, 0.05) is 12.1 Å². The molecule has 2 rings (SSSR count). The van der Waals surface area contributed by atoms with Gasteiger partial charge in [0.1, 0.15) is 5.75 Å². The average Bonchev–Trinajstić information content (AvgIpc) is 2.54. The lowest BCUT2D eigenvalue weighted by atomic mass is 9.97. The molecule has 2 N–H and O–H groups in total. The normalized spacial score (nSPS) is 18.9. The largest absolute Gasteiger partial charge is 0.494 e. The van der Waals surface area contributed by atoms with Crippen molar-refractivity contribution in [1.29, 1.82) is 0 Å². The van der Waals surface area contributed by atoms with E-state index in [2.05, 4.69) is 17.6 Å². The first-order valence-corrected chi connectivity index (χ1v) is 7.99. The summed E-state index contributed by atoms with van der Waals surface area (Å²) in [5.74, 6) is 1.11. The van der Waals surface area contributed by atoms with Gasteiger partial charge in [-0.3, -0.25) is 4.79 Å². The van der Waals surface area contributed by atoms with Gasteiger partial charge in [-0.1, -0.05) is 25.1 Å². The Labute approximate surface area is 139 Å². The van der Waals surface area contributed by atoms with Crippen molar-refractivity contribution in [3.8, 4) is 5.75 Å². The van der Waals surface area contributed by atoms with Crippen molar-refractivity contribution in [2.24, 2.45) is 5.92 Å². The van der Waals surface area contributed by atoms with Crippen LogP contribution in [-0.4, -0.2) is 25.6 Å². The van der Waals surface area contributed by atoms with Crippen molar-refractivity contribution in [3.63, 3.8) is 0 Å². The number of nitrogens with one attached hydrogen (secondary N) is 2. The van der Waals surface area contributed by atoms with Gasteiger partial charge in [-0.05, 0) is 38.8 Å². The van der Waals surface area contributed by atoms with Crippen LogP contribution in [0.5, 0.6) is 5.75 Å². The van der Waals surface area contributed by atoms with Gasteiger partial charge in [0.25, 0.3) is 0 Å². The van der Waals surface area contributed by atoms with Crippen LogP contribution in [0.2, 0.25) is 0 Å². The molecule has 5 heteroatoms. The summed E-state index contributed by atoms with van der Waals surface area (Å²) in [5, 5.41) is 6.49. The van der Waals surface area contributed by atoms with Gasteiger partial charge >= 0.3 is 0 Å². The molecule has 2 atom stereocenters. The highest BCUT2D eigenvalue weighted by Gasteiger charge is 2.24.